The summed E-state index contributed by atoms with van der Waals surface area (Å²) in [7, 11) is 0. The van der Waals surface area contributed by atoms with E-state index in [4.69, 9.17) is 5.84 Å². The Labute approximate surface area is 128 Å². The van der Waals surface area contributed by atoms with Crippen molar-refractivity contribution in [1.82, 2.24) is 5.43 Å². The number of benzene rings is 1. The summed E-state index contributed by atoms with van der Waals surface area (Å²) in [4.78, 5) is 1.30. The first-order chi connectivity index (χ1) is 8.61. The zero-order valence-corrected chi connectivity index (χ0v) is 13.9. The Morgan fingerprint density at radius 3 is 2.61 bits per heavy atom. The molecule has 0 amide bonds. The lowest BCUT2D eigenvalue weighted by Crippen LogP contribution is -2.29. The summed E-state index contributed by atoms with van der Waals surface area (Å²) in [6.07, 6.45) is 0.871. The van der Waals surface area contributed by atoms with E-state index < -0.39 is 0 Å². The summed E-state index contributed by atoms with van der Waals surface area (Å²) in [5.74, 6) is 5.70. The summed E-state index contributed by atoms with van der Waals surface area (Å²) in [6, 6.07) is 8.51. The van der Waals surface area contributed by atoms with Gasteiger partial charge in [-0.05, 0) is 51.5 Å². The van der Waals surface area contributed by atoms with Crippen molar-refractivity contribution in [2.75, 3.05) is 0 Å². The maximum Gasteiger partial charge on any atom is 0.0519 e. The largest absolute Gasteiger partial charge is 0.271 e. The van der Waals surface area contributed by atoms with Crippen LogP contribution in [0, 0.1) is 6.92 Å². The van der Waals surface area contributed by atoms with Gasteiger partial charge in [0, 0.05) is 20.2 Å². The van der Waals surface area contributed by atoms with Crippen LogP contribution in [0.15, 0.2) is 38.6 Å². The second-order valence-corrected chi connectivity index (χ2v) is 6.85. The highest BCUT2D eigenvalue weighted by Crippen LogP contribution is 2.31. The van der Waals surface area contributed by atoms with Crippen LogP contribution in [0.5, 0.6) is 0 Å². The maximum atomic E-state index is 5.70. The summed E-state index contributed by atoms with van der Waals surface area (Å²) in [5.41, 5.74) is 5.32. The molecule has 1 aromatic carbocycles. The van der Waals surface area contributed by atoms with Crippen molar-refractivity contribution in [2.24, 2.45) is 5.84 Å². The monoisotopic (exact) mass is 388 g/mol. The molecule has 0 spiro atoms. The van der Waals surface area contributed by atoms with E-state index in [1.54, 1.807) is 11.3 Å². The topological polar surface area (TPSA) is 38.0 Å². The zero-order valence-electron chi connectivity index (χ0n) is 9.91. The molecule has 1 atom stereocenters. The quantitative estimate of drug-likeness (QED) is 0.603. The SMILES string of the molecule is Cc1ccc(C(Cc2sccc2Br)NN)c(Br)c1. The van der Waals surface area contributed by atoms with Crippen LogP contribution in [0.25, 0.3) is 0 Å². The summed E-state index contributed by atoms with van der Waals surface area (Å²) in [6.45, 7) is 2.08. The van der Waals surface area contributed by atoms with Crippen molar-refractivity contribution < 1.29 is 0 Å². The van der Waals surface area contributed by atoms with E-state index in [9.17, 15) is 0 Å². The normalized spacial score (nSPS) is 12.7. The first kappa shape index (κ1) is 14.2. The fourth-order valence-electron chi connectivity index (χ4n) is 1.83. The molecule has 0 bridgehead atoms. The van der Waals surface area contributed by atoms with Gasteiger partial charge in [-0.3, -0.25) is 11.3 Å². The van der Waals surface area contributed by atoms with E-state index in [2.05, 4.69) is 73.9 Å². The van der Waals surface area contributed by atoms with Gasteiger partial charge in [-0.1, -0.05) is 28.1 Å². The van der Waals surface area contributed by atoms with Crippen molar-refractivity contribution in [3.05, 3.63) is 54.6 Å². The minimum Gasteiger partial charge on any atom is -0.271 e. The standard InChI is InChI=1S/C13H14Br2N2S/c1-8-2-3-9(11(15)6-8)12(17-16)7-13-10(14)4-5-18-13/h2-6,12,17H,7,16H2,1H3. The number of thiophene rings is 1. The summed E-state index contributed by atoms with van der Waals surface area (Å²) < 4.78 is 2.24. The number of hydrazine groups is 1. The average Bonchev–Trinajstić information content (AvgIpc) is 2.73. The molecule has 0 saturated carbocycles. The number of rotatable bonds is 4. The van der Waals surface area contributed by atoms with E-state index in [1.807, 2.05) is 0 Å². The predicted molar refractivity (Wildman–Crippen MR) is 84.7 cm³/mol. The smallest absolute Gasteiger partial charge is 0.0519 e. The molecule has 96 valence electrons. The third-order valence-electron chi connectivity index (χ3n) is 2.81. The van der Waals surface area contributed by atoms with Gasteiger partial charge in [-0.2, -0.15) is 0 Å². The van der Waals surface area contributed by atoms with Crippen LogP contribution in [0.3, 0.4) is 0 Å². The van der Waals surface area contributed by atoms with Crippen LogP contribution in [0.1, 0.15) is 22.0 Å². The van der Waals surface area contributed by atoms with E-state index >= 15 is 0 Å². The molecule has 2 aromatic rings. The van der Waals surface area contributed by atoms with Gasteiger partial charge >= 0.3 is 0 Å². The third-order valence-corrected chi connectivity index (χ3v) is 5.45. The Hall–Kier alpha value is -0.200. The molecule has 1 unspecified atom stereocenters. The number of aryl methyl sites for hydroxylation is 1. The van der Waals surface area contributed by atoms with Crippen LogP contribution in [0.4, 0.5) is 0 Å². The molecule has 0 radical (unpaired) electrons. The van der Waals surface area contributed by atoms with Gasteiger partial charge in [0.25, 0.3) is 0 Å². The Balaban J connectivity index is 2.26. The first-order valence-corrected chi connectivity index (χ1v) is 8.02. The van der Waals surface area contributed by atoms with E-state index in [1.165, 1.54) is 16.0 Å². The van der Waals surface area contributed by atoms with Gasteiger partial charge in [-0.25, -0.2) is 0 Å². The van der Waals surface area contributed by atoms with Crippen molar-refractivity contribution in [2.45, 2.75) is 19.4 Å². The molecular formula is C13H14Br2N2S. The van der Waals surface area contributed by atoms with Crippen LogP contribution in [-0.2, 0) is 6.42 Å². The molecule has 0 aliphatic heterocycles. The Bertz CT molecular complexity index is 540. The highest BCUT2D eigenvalue weighted by molar-refractivity contribution is 9.10. The molecule has 1 aromatic heterocycles. The van der Waals surface area contributed by atoms with Crippen molar-refractivity contribution >= 4 is 43.2 Å². The second kappa shape index (κ2) is 6.30. The third kappa shape index (κ3) is 3.22. The van der Waals surface area contributed by atoms with E-state index in [-0.39, 0.29) is 6.04 Å². The molecular weight excluding hydrogens is 376 g/mol. The predicted octanol–water partition coefficient (Wildman–Crippen LogP) is 4.33. The van der Waals surface area contributed by atoms with Crippen molar-refractivity contribution in [1.29, 1.82) is 0 Å². The maximum absolute atomic E-state index is 5.70. The van der Waals surface area contributed by atoms with Crippen LogP contribution in [-0.4, -0.2) is 0 Å². The van der Waals surface area contributed by atoms with Crippen LogP contribution in [0.2, 0.25) is 0 Å². The van der Waals surface area contributed by atoms with Gasteiger partial charge in [0.15, 0.2) is 0 Å². The van der Waals surface area contributed by atoms with Gasteiger partial charge in [0.1, 0.15) is 0 Å². The van der Waals surface area contributed by atoms with E-state index in [0.29, 0.717) is 0 Å². The Morgan fingerprint density at radius 2 is 2.06 bits per heavy atom. The van der Waals surface area contributed by atoms with Gasteiger partial charge in [-0.15, -0.1) is 11.3 Å². The second-order valence-electron chi connectivity index (χ2n) is 4.14. The minimum absolute atomic E-state index is 0.106. The van der Waals surface area contributed by atoms with Gasteiger partial charge in [0.2, 0.25) is 0 Å². The molecule has 3 N–H and O–H groups in total. The molecule has 5 heteroatoms. The van der Waals surface area contributed by atoms with Crippen LogP contribution < -0.4 is 11.3 Å². The molecule has 0 saturated heterocycles. The highest BCUT2D eigenvalue weighted by Gasteiger charge is 2.15. The van der Waals surface area contributed by atoms with E-state index in [0.717, 1.165) is 15.4 Å². The van der Waals surface area contributed by atoms with Crippen LogP contribution >= 0.6 is 43.2 Å². The lowest BCUT2D eigenvalue weighted by Gasteiger charge is -2.18. The lowest BCUT2D eigenvalue weighted by molar-refractivity contribution is 0.553. The highest BCUT2D eigenvalue weighted by atomic mass is 79.9. The summed E-state index contributed by atoms with van der Waals surface area (Å²) in [5, 5.41) is 2.08. The molecule has 2 nitrogen and oxygen atoms in total. The Morgan fingerprint density at radius 1 is 1.28 bits per heavy atom. The molecule has 1 heterocycles. The van der Waals surface area contributed by atoms with Gasteiger partial charge in [0.05, 0.1) is 6.04 Å². The zero-order chi connectivity index (χ0) is 13.1. The average molecular weight is 390 g/mol. The van der Waals surface area contributed by atoms with Gasteiger partial charge < -0.3 is 0 Å². The number of hydrogen-bond donors (Lipinski definition) is 2. The molecule has 0 fully saturated rings. The Kier molecular flexibility index (Phi) is 4.98. The van der Waals surface area contributed by atoms with Crippen molar-refractivity contribution in [3.63, 3.8) is 0 Å². The number of halogens is 2. The minimum atomic E-state index is 0.106. The number of nitrogens with two attached hydrogens (primary N) is 1. The lowest BCUT2D eigenvalue weighted by atomic mass is 10.0. The molecule has 18 heavy (non-hydrogen) atoms. The fraction of sp³-hybridized carbons (Fsp3) is 0.231. The first-order valence-electron chi connectivity index (χ1n) is 5.56. The summed E-state index contributed by atoms with van der Waals surface area (Å²) >= 11 is 8.90. The number of hydrogen-bond acceptors (Lipinski definition) is 3. The number of nitrogens with one attached hydrogen (secondary N) is 1. The molecule has 2 rings (SSSR count). The molecule has 0 aliphatic rings. The van der Waals surface area contributed by atoms with Crippen molar-refractivity contribution in [3.8, 4) is 0 Å². The fourth-order valence-corrected chi connectivity index (χ4v) is 4.16. The molecule has 0 aliphatic carbocycles.